The van der Waals surface area contributed by atoms with Crippen LogP contribution < -0.4 is 5.32 Å². The average molecular weight is 546 g/mol. The zero-order valence-corrected chi connectivity index (χ0v) is 22.2. The van der Waals surface area contributed by atoms with E-state index >= 15 is 0 Å². The maximum atomic E-state index is 5.35. The summed E-state index contributed by atoms with van der Waals surface area (Å²) in [5, 5.41) is 6.56. The molecular weight excluding hydrogens is 509 g/mol. The van der Waals surface area contributed by atoms with E-state index in [4.69, 9.17) is 4.74 Å². The highest BCUT2D eigenvalue weighted by Crippen LogP contribution is 2.21. The van der Waals surface area contributed by atoms with Crippen LogP contribution in [0.3, 0.4) is 0 Å². The van der Waals surface area contributed by atoms with Crippen LogP contribution in [0.1, 0.15) is 48.7 Å². The van der Waals surface area contributed by atoms with E-state index in [1.807, 2.05) is 21.0 Å². The zero-order valence-electron chi connectivity index (χ0n) is 19.0. The number of thiazole rings is 1. The van der Waals surface area contributed by atoms with Crippen LogP contribution in [0.4, 0.5) is 0 Å². The van der Waals surface area contributed by atoms with Gasteiger partial charge in [-0.1, -0.05) is 38.1 Å². The van der Waals surface area contributed by atoms with Gasteiger partial charge in [-0.3, -0.25) is 9.89 Å². The van der Waals surface area contributed by atoms with Crippen molar-refractivity contribution in [1.29, 1.82) is 0 Å². The fraction of sp³-hybridized carbons (Fsp3) is 0.545. The van der Waals surface area contributed by atoms with Gasteiger partial charge in [0.25, 0.3) is 0 Å². The molecule has 1 N–H and O–H groups in total. The number of aromatic nitrogens is 1. The number of guanidine groups is 1. The van der Waals surface area contributed by atoms with Crippen molar-refractivity contribution in [3.63, 3.8) is 0 Å². The van der Waals surface area contributed by atoms with Crippen LogP contribution in [0, 0.1) is 0 Å². The Balaban J connectivity index is 0.00000450. The minimum absolute atomic E-state index is 0. The molecule has 8 heteroatoms. The molecule has 0 aliphatic carbocycles. The Hall–Kier alpha value is -1.23. The Morgan fingerprint density at radius 1 is 1.23 bits per heavy atom. The molecule has 2 rings (SSSR count). The molecule has 0 bridgehead atoms. The summed E-state index contributed by atoms with van der Waals surface area (Å²) in [4.78, 5) is 13.6. The molecule has 1 atom stereocenters. The van der Waals surface area contributed by atoms with Crippen LogP contribution in [0.25, 0.3) is 0 Å². The second kappa shape index (κ2) is 14.0. The maximum Gasteiger partial charge on any atom is 0.194 e. The summed E-state index contributed by atoms with van der Waals surface area (Å²) < 4.78 is 5.35. The molecule has 0 saturated carbocycles. The molecular formula is C22H36IN5OS. The highest BCUT2D eigenvalue weighted by Gasteiger charge is 2.13. The molecule has 1 heterocycles. The normalized spacial score (nSPS) is 12.6. The number of benzene rings is 1. The fourth-order valence-corrected chi connectivity index (χ4v) is 3.95. The first-order valence-corrected chi connectivity index (χ1v) is 11.1. The summed E-state index contributed by atoms with van der Waals surface area (Å²) in [6, 6.07) is 8.77. The van der Waals surface area contributed by atoms with Crippen molar-refractivity contribution in [1.82, 2.24) is 20.1 Å². The highest BCUT2D eigenvalue weighted by atomic mass is 127. The standard InChI is InChI=1S/C22H35N5OS.HI/c1-7-27(8-2)14-19-11-9-10-18(12-19)13-24-22(23-4)26(5)15-20-16-29-21(25-20)17(3)28-6;/h9-12,16-17H,7-8,13-15H2,1-6H3,(H,23,24);1H. The van der Waals surface area contributed by atoms with E-state index in [9.17, 15) is 0 Å². The molecule has 30 heavy (non-hydrogen) atoms. The van der Waals surface area contributed by atoms with Crippen molar-refractivity contribution in [2.75, 3.05) is 34.3 Å². The Bertz CT molecular complexity index is 778. The monoisotopic (exact) mass is 545 g/mol. The number of nitrogens with zero attached hydrogens (tertiary/aromatic N) is 4. The largest absolute Gasteiger partial charge is 0.375 e. The van der Waals surface area contributed by atoms with E-state index in [-0.39, 0.29) is 30.1 Å². The molecule has 1 aromatic carbocycles. The van der Waals surface area contributed by atoms with E-state index in [0.29, 0.717) is 6.54 Å². The van der Waals surface area contributed by atoms with Crippen LogP contribution in [0.5, 0.6) is 0 Å². The fourth-order valence-electron chi connectivity index (χ4n) is 3.11. The van der Waals surface area contributed by atoms with E-state index in [2.05, 4.69) is 68.6 Å². The third kappa shape index (κ3) is 8.13. The minimum atomic E-state index is 0. The number of ether oxygens (including phenoxy) is 1. The summed E-state index contributed by atoms with van der Waals surface area (Å²) in [6.07, 6.45) is 0.0279. The second-order valence-corrected chi connectivity index (χ2v) is 7.98. The summed E-state index contributed by atoms with van der Waals surface area (Å²) in [5.41, 5.74) is 3.63. The van der Waals surface area contributed by atoms with Crippen LogP contribution in [-0.2, 0) is 24.4 Å². The number of nitrogens with one attached hydrogen (secondary N) is 1. The van der Waals surface area contributed by atoms with Gasteiger partial charge >= 0.3 is 0 Å². The van der Waals surface area contributed by atoms with Gasteiger partial charge in [0.1, 0.15) is 11.1 Å². The Labute approximate surface area is 202 Å². The van der Waals surface area contributed by atoms with Crippen molar-refractivity contribution < 1.29 is 4.74 Å². The molecule has 168 valence electrons. The molecule has 0 spiro atoms. The lowest BCUT2D eigenvalue weighted by molar-refractivity contribution is 0.119. The van der Waals surface area contributed by atoms with Gasteiger partial charge in [-0.15, -0.1) is 35.3 Å². The third-order valence-electron chi connectivity index (χ3n) is 4.99. The van der Waals surface area contributed by atoms with E-state index in [0.717, 1.165) is 42.8 Å². The second-order valence-electron chi connectivity index (χ2n) is 7.09. The molecule has 1 aromatic heterocycles. The van der Waals surface area contributed by atoms with Crippen molar-refractivity contribution in [3.8, 4) is 0 Å². The lowest BCUT2D eigenvalue weighted by Gasteiger charge is -2.22. The van der Waals surface area contributed by atoms with Crippen LogP contribution in [0.15, 0.2) is 34.6 Å². The summed E-state index contributed by atoms with van der Waals surface area (Å²) in [5.74, 6) is 0.855. The smallest absolute Gasteiger partial charge is 0.194 e. The number of aliphatic imine (C=N–C) groups is 1. The van der Waals surface area contributed by atoms with Crippen molar-refractivity contribution >= 4 is 41.3 Å². The van der Waals surface area contributed by atoms with Crippen LogP contribution in [0.2, 0.25) is 0 Å². The maximum absolute atomic E-state index is 5.35. The molecule has 0 amide bonds. The predicted molar refractivity (Wildman–Crippen MR) is 138 cm³/mol. The Morgan fingerprint density at radius 2 is 1.93 bits per heavy atom. The molecule has 0 fully saturated rings. The average Bonchev–Trinajstić information content (AvgIpc) is 3.20. The highest BCUT2D eigenvalue weighted by molar-refractivity contribution is 14.0. The molecule has 1 unspecified atom stereocenters. The van der Waals surface area contributed by atoms with Gasteiger partial charge in [-0.2, -0.15) is 0 Å². The summed E-state index contributed by atoms with van der Waals surface area (Å²) in [7, 11) is 5.56. The van der Waals surface area contributed by atoms with Gasteiger partial charge in [0.2, 0.25) is 0 Å². The van der Waals surface area contributed by atoms with E-state index in [1.54, 1.807) is 18.4 Å². The molecule has 0 saturated heterocycles. The molecule has 2 aromatic rings. The zero-order chi connectivity index (χ0) is 21.2. The molecule has 6 nitrogen and oxygen atoms in total. The van der Waals surface area contributed by atoms with Gasteiger partial charge in [0.05, 0.1) is 12.2 Å². The topological polar surface area (TPSA) is 53.0 Å². The number of hydrogen-bond acceptors (Lipinski definition) is 5. The van der Waals surface area contributed by atoms with Crippen molar-refractivity contribution in [3.05, 3.63) is 51.5 Å². The van der Waals surface area contributed by atoms with Crippen LogP contribution in [-0.4, -0.2) is 55.0 Å². The number of hydrogen-bond donors (Lipinski definition) is 1. The molecule has 0 aliphatic heterocycles. The van der Waals surface area contributed by atoms with E-state index in [1.165, 1.54) is 11.1 Å². The van der Waals surface area contributed by atoms with Gasteiger partial charge in [0.15, 0.2) is 5.96 Å². The Kier molecular flexibility index (Phi) is 12.5. The first-order valence-electron chi connectivity index (χ1n) is 10.2. The first-order chi connectivity index (χ1) is 14.0. The lowest BCUT2D eigenvalue weighted by atomic mass is 10.1. The molecule has 0 radical (unpaired) electrons. The van der Waals surface area contributed by atoms with Crippen molar-refractivity contribution in [2.45, 2.75) is 46.5 Å². The molecule has 0 aliphatic rings. The van der Waals surface area contributed by atoms with Gasteiger partial charge < -0.3 is 15.0 Å². The number of rotatable bonds is 10. The number of methoxy groups -OCH3 is 1. The third-order valence-corrected chi connectivity index (χ3v) is 6.04. The van der Waals surface area contributed by atoms with Crippen LogP contribution >= 0.6 is 35.3 Å². The van der Waals surface area contributed by atoms with Gasteiger partial charge in [-0.25, -0.2) is 4.98 Å². The summed E-state index contributed by atoms with van der Waals surface area (Å²) in [6.45, 7) is 11.0. The quantitative estimate of drug-likeness (QED) is 0.271. The number of halogens is 1. The lowest BCUT2D eigenvalue weighted by Crippen LogP contribution is -2.38. The summed E-state index contributed by atoms with van der Waals surface area (Å²) >= 11 is 1.64. The van der Waals surface area contributed by atoms with Gasteiger partial charge in [0, 0.05) is 39.7 Å². The predicted octanol–water partition coefficient (Wildman–Crippen LogP) is 4.52. The van der Waals surface area contributed by atoms with E-state index < -0.39 is 0 Å². The Morgan fingerprint density at radius 3 is 2.57 bits per heavy atom. The van der Waals surface area contributed by atoms with Gasteiger partial charge in [-0.05, 0) is 31.1 Å². The SMILES string of the molecule is CCN(CC)Cc1cccc(CNC(=NC)N(C)Cc2csc(C(C)OC)n2)c1.I. The first kappa shape index (κ1) is 26.8. The van der Waals surface area contributed by atoms with Crippen molar-refractivity contribution in [2.24, 2.45) is 4.99 Å². The minimum Gasteiger partial charge on any atom is -0.375 e.